The van der Waals surface area contributed by atoms with Crippen LogP contribution in [-0.2, 0) is 4.74 Å². The van der Waals surface area contributed by atoms with E-state index in [1.807, 2.05) is 6.07 Å². The van der Waals surface area contributed by atoms with E-state index in [1.54, 1.807) is 19.4 Å². The van der Waals surface area contributed by atoms with E-state index < -0.39 is 0 Å². The number of benzene rings is 1. The SMILES string of the molecule is CCCC(COC)Nc1c(F)cc(N)c2cccnc12. The normalized spacial score (nSPS) is 12.6. The van der Waals surface area contributed by atoms with Crippen LogP contribution in [0.1, 0.15) is 19.8 Å². The second-order valence-corrected chi connectivity index (χ2v) is 4.81. The summed E-state index contributed by atoms with van der Waals surface area (Å²) in [5.41, 5.74) is 7.19. The average Bonchev–Trinajstić information content (AvgIpc) is 2.44. The lowest BCUT2D eigenvalue weighted by Crippen LogP contribution is -2.25. The first-order valence-electron chi connectivity index (χ1n) is 6.75. The van der Waals surface area contributed by atoms with Crippen LogP contribution in [0.2, 0.25) is 0 Å². The Morgan fingerprint density at radius 2 is 2.30 bits per heavy atom. The van der Waals surface area contributed by atoms with Crippen molar-refractivity contribution in [3.8, 4) is 0 Å². The molecule has 0 saturated heterocycles. The molecule has 0 aliphatic rings. The van der Waals surface area contributed by atoms with E-state index >= 15 is 0 Å². The van der Waals surface area contributed by atoms with Crippen LogP contribution < -0.4 is 11.1 Å². The molecular weight excluding hydrogens is 257 g/mol. The third-order valence-corrected chi connectivity index (χ3v) is 3.23. The highest BCUT2D eigenvalue weighted by atomic mass is 19.1. The Morgan fingerprint density at radius 1 is 1.50 bits per heavy atom. The summed E-state index contributed by atoms with van der Waals surface area (Å²) < 4.78 is 19.4. The number of fused-ring (bicyclic) bond motifs is 1. The van der Waals surface area contributed by atoms with Gasteiger partial charge in [0.2, 0.25) is 0 Å². The van der Waals surface area contributed by atoms with Crippen LogP contribution in [0, 0.1) is 5.82 Å². The minimum Gasteiger partial charge on any atom is -0.398 e. The smallest absolute Gasteiger partial charge is 0.150 e. The van der Waals surface area contributed by atoms with E-state index in [-0.39, 0.29) is 11.9 Å². The van der Waals surface area contributed by atoms with Gasteiger partial charge in [0.15, 0.2) is 5.82 Å². The van der Waals surface area contributed by atoms with E-state index in [4.69, 9.17) is 10.5 Å². The molecule has 4 nitrogen and oxygen atoms in total. The standard InChI is InChI=1S/C15H20FN3O/c1-3-5-10(9-20-2)19-15-12(16)8-13(17)11-6-4-7-18-14(11)15/h4,6-8,10,19H,3,5,9,17H2,1-2H3. The number of aromatic nitrogens is 1. The summed E-state index contributed by atoms with van der Waals surface area (Å²) in [6.07, 6.45) is 3.52. The molecule has 2 aromatic rings. The van der Waals surface area contributed by atoms with Crippen LogP contribution in [0.15, 0.2) is 24.4 Å². The molecule has 20 heavy (non-hydrogen) atoms. The zero-order chi connectivity index (χ0) is 14.5. The fourth-order valence-electron chi connectivity index (χ4n) is 2.33. The van der Waals surface area contributed by atoms with Gasteiger partial charge in [-0.25, -0.2) is 4.39 Å². The Bertz CT molecular complexity index is 583. The van der Waals surface area contributed by atoms with Gasteiger partial charge in [0.25, 0.3) is 0 Å². The molecule has 0 aliphatic heterocycles. The monoisotopic (exact) mass is 277 g/mol. The average molecular weight is 277 g/mol. The van der Waals surface area contributed by atoms with Gasteiger partial charge in [-0.05, 0) is 24.6 Å². The summed E-state index contributed by atoms with van der Waals surface area (Å²) in [4.78, 5) is 4.25. The Kier molecular flexibility index (Phi) is 4.74. The number of nitrogens with two attached hydrogens (primary N) is 1. The van der Waals surface area contributed by atoms with Crippen molar-refractivity contribution in [2.75, 3.05) is 24.8 Å². The first kappa shape index (κ1) is 14.5. The number of nitrogen functional groups attached to an aromatic ring is 1. The van der Waals surface area contributed by atoms with Crippen molar-refractivity contribution in [2.24, 2.45) is 0 Å². The highest BCUT2D eigenvalue weighted by Gasteiger charge is 2.15. The van der Waals surface area contributed by atoms with Crippen LogP contribution in [0.3, 0.4) is 0 Å². The molecule has 1 atom stereocenters. The van der Waals surface area contributed by atoms with Crippen LogP contribution >= 0.6 is 0 Å². The van der Waals surface area contributed by atoms with Gasteiger partial charge in [0.1, 0.15) is 0 Å². The van der Waals surface area contributed by atoms with Crippen molar-refractivity contribution < 1.29 is 9.13 Å². The van der Waals surface area contributed by atoms with Gasteiger partial charge >= 0.3 is 0 Å². The molecule has 1 heterocycles. The van der Waals surface area contributed by atoms with Crippen LogP contribution in [0.5, 0.6) is 0 Å². The third kappa shape index (κ3) is 2.99. The summed E-state index contributed by atoms with van der Waals surface area (Å²) in [6.45, 7) is 2.60. The number of methoxy groups -OCH3 is 1. The Labute approximate surface area is 118 Å². The fraction of sp³-hybridized carbons (Fsp3) is 0.400. The van der Waals surface area contributed by atoms with Crippen molar-refractivity contribution in [1.29, 1.82) is 0 Å². The topological polar surface area (TPSA) is 60.2 Å². The molecule has 1 aromatic carbocycles. The van der Waals surface area contributed by atoms with Gasteiger partial charge in [-0.15, -0.1) is 0 Å². The second-order valence-electron chi connectivity index (χ2n) is 4.81. The number of hydrogen-bond acceptors (Lipinski definition) is 4. The molecule has 0 radical (unpaired) electrons. The molecule has 2 rings (SSSR count). The predicted octanol–water partition coefficient (Wildman–Crippen LogP) is 3.18. The van der Waals surface area contributed by atoms with Crippen LogP contribution in [-0.4, -0.2) is 24.7 Å². The first-order chi connectivity index (χ1) is 9.67. The maximum absolute atomic E-state index is 14.2. The minimum absolute atomic E-state index is 0.0494. The van der Waals surface area contributed by atoms with Crippen molar-refractivity contribution in [2.45, 2.75) is 25.8 Å². The van der Waals surface area contributed by atoms with Gasteiger partial charge < -0.3 is 15.8 Å². The lowest BCUT2D eigenvalue weighted by atomic mass is 10.1. The summed E-state index contributed by atoms with van der Waals surface area (Å²) in [5, 5.41) is 3.96. The third-order valence-electron chi connectivity index (χ3n) is 3.23. The number of rotatable bonds is 6. The predicted molar refractivity (Wildman–Crippen MR) is 80.3 cm³/mol. The van der Waals surface area contributed by atoms with E-state index in [0.29, 0.717) is 23.5 Å². The van der Waals surface area contributed by atoms with E-state index in [2.05, 4.69) is 17.2 Å². The fourth-order valence-corrected chi connectivity index (χ4v) is 2.33. The van der Waals surface area contributed by atoms with Crippen molar-refractivity contribution in [1.82, 2.24) is 4.98 Å². The number of pyridine rings is 1. The molecule has 0 fully saturated rings. The number of halogens is 1. The molecule has 0 spiro atoms. The van der Waals surface area contributed by atoms with Crippen molar-refractivity contribution >= 4 is 22.3 Å². The molecule has 0 aliphatic carbocycles. The molecule has 0 amide bonds. The van der Waals surface area contributed by atoms with E-state index in [9.17, 15) is 4.39 Å². The number of anilines is 2. The molecule has 3 N–H and O–H groups in total. The number of nitrogens with zero attached hydrogens (tertiary/aromatic N) is 1. The van der Waals surface area contributed by atoms with Crippen molar-refractivity contribution in [3.05, 3.63) is 30.2 Å². The lowest BCUT2D eigenvalue weighted by Gasteiger charge is -2.20. The van der Waals surface area contributed by atoms with Gasteiger partial charge in [-0.2, -0.15) is 0 Å². The molecule has 0 saturated carbocycles. The second kappa shape index (κ2) is 6.52. The maximum atomic E-state index is 14.2. The Balaban J connectivity index is 2.42. The Morgan fingerprint density at radius 3 is 3.00 bits per heavy atom. The Hall–Kier alpha value is -1.88. The van der Waals surface area contributed by atoms with Gasteiger partial charge in [0.05, 0.1) is 17.8 Å². The van der Waals surface area contributed by atoms with E-state index in [0.717, 1.165) is 18.2 Å². The van der Waals surface area contributed by atoms with E-state index in [1.165, 1.54) is 6.07 Å². The highest BCUT2D eigenvalue weighted by Crippen LogP contribution is 2.30. The van der Waals surface area contributed by atoms with Crippen molar-refractivity contribution in [3.63, 3.8) is 0 Å². The van der Waals surface area contributed by atoms with Gasteiger partial charge in [-0.3, -0.25) is 4.98 Å². The molecule has 108 valence electrons. The highest BCUT2D eigenvalue weighted by molar-refractivity contribution is 5.98. The minimum atomic E-state index is -0.383. The largest absolute Gasteiger partial charge is 0.398 e. The lowest BCUT2D eigenvalue weighted by molar-refractivity contribution is 0.182. The van der Waals surface area contributed by atoms with Gasteiger partial charge in [-0.1, -0.05) is 13.3 Å². The summed E-state index contributed by atoms with van der Waals surface area (Å²) in [7, 11) is 1.64. The van der Waals surface area contributed by atoms with Gasteiger partial charge in [0, 0.05) is 30.4 Å². The molecular formula is C15H20FN3O. The summed E-state index contributed by atoms with van der Waals surface area (Å²) >= 11 is 0. The maximum Gasteiger partial charge on any atom is 0.150 e. The quantitative estimate of drug-likeness (QED) is 0.796. The zero-order valence-electron chi connectivity index (χ0n) is 11.8. The summed E-state index contributed by atoms with van der Waals surface area (Å²) in [5.74, 6) is -0.383. The molecule has 1 unspecified atom stereocenters. The number of nitrogens with one attached hydrogen (secondary N) is 1. The number of ether oxygens (including phenoxy) is 1. The zero-order valence-corrected chi connectivity index (χ0v) is 11.8. The van der Waals surface area contributed by atoms with Crippen LogP contribution in [0.4, 0.5) is 15.8 Å². The number of hydrogen-bond donors (Lipinski definition) is 2. The molecule has 1 aromatic heterocycles. The molecule has 5 heteroatoms. The molecule has 0 bridgehead atoms. The summed E-state index contributed by atoms with van der Waals surface area (Å²) in [6, 6.07) is 5.02. The first-order valence-corrected chi connectivity index (χ1v) is 6.75. The van der Waals surface area contributed by atoms with Crippen LogP contribution in [0.25, 0.3) is 10.9 Å².